The summed E-state index contributed by atoms with van der Waals surface area (Å²) in [6.45, 7) is 5.81. The van der Waals surface area contributed by atoms with Gasteiger partial charge in [-0.15, -0.1) is 4.33 Å². The van der Waals surface area contributed by atoms with E-state index in [1.807, 2.05) is 6.92 Å². The number of fused-ring (bicyclic) bond motifs is 5. The number of hydrogen-bond acceptors (Lipinski definition) is 9. The van der Waals surface area contributed by atoms with Crippen molar-refractivity contribution in [1.82, 2.24) is 0 Å². The van der Waals surface area contributed by atoms with Gasteiger partial charge in [-0.3, -0.25) is 14.4 Å². The first-order chi connectivity index (χ1) is 19.0. The summed E-state index contributed by atoms with van der Waals surface area (Å²) in [5.41, 5.74) is -1.02. The molecular weight excluding hydrogens is 579 g/mol. The molecule has 4 aliphatic rings. The third kappa shape index (κ3) is 5.92. The van der Waals surface area contributed by atoms with Crippen LogP contribution in [0, 0.1) is 46.3 Å². The van der Waals surface area contributed by atoms with Gasteiger partial charge in [0.1, 0.15) is 23.6 Å². The van der Waals surface area contributed by atoms with Crippen LogP contribution in [-0.4, -0.2) is 51.5 Å². The second-order valence-corrected chi connectivity index (χ2v) is 13.7. The maximum Gasteiger partial charge on any atom is 0.432 e. The molecule has 14 heteroatoms. The van der Waals surface area contributed by atoms with E-state index in [-0.39, 0.29) is 65.3 Å². The molecule has 0 spiro atoms. The topological polar surface area (TPSA) is 119 Å². The number of rotatable bonds is 9. The molecule has 4 rings (SSSR count). The molecule has 234 valence electrons. The van der Waals surface area contributed by atoms with Crippen molar-refractivity contribution in [3.8, 4) is 0 Å². The number of ether oxygens (including phenoxy) is 1. The van der Waals surface area contributed by atoms with E-state index < -0.39 is 53.5 Å². The molecule has 0 heterocycles. The number of aliphatic hydroxyl groups is 1. The van der Waals surface area contributed by atoms with E-state index >= 15 is 0 Å². The molecule has 0 aromatic heterocycles. The number of carbonyl (C=O) groups is 3. The molecule has 0 bridgehead atoms. The van der Waals surface area contributed by atoms with Crippen molar-refractivity contribution in [2.24, 2.45) is 46.3 Å². The molecule has 0 radical (unpaired) electrons. The average molecular weight is 617 g/mol. The smallest absolute Gasteiger partial charge is 0.432 e. The van der Waals surface area contributed by atoms with Crippen LogP contribution in [0.2, 0.25) is 0 Å². The van der Waals surface area contributed by atoms with Gasteiger partial charge < -0.3 is 9.84 Å². The highest BCUT2D eigenvalue weighted by Crippen LogP contribution is 2.67. The Labute approximate surface area is 239 Å². The minimum Gasteiger partial charge on any atom is -0.445 e. The highest BCUT2D eigenvalue weighted by Gasteiger charge is 2.66. The van der Waals surface area contributed by atoms with Gasteiger partial charge in [-0.25, -0.2) is 5.26 Å². The fourth-order valence-electron chi connectivity index (χ4n) is 8.84. The Balaban J connectivity index is 1.44. The fraction of sp³-hybridized carbons (Fsp3) is 0.889. The van der Waals surface area contributed by atoms with Crippen molar-refractivity contribution in [2.45, 2.75) is 102 Å². The van der Waals surface area contributed by atoms with Crippen LogP contribution >= 0.6 is 12.0 Å². The molecule has 0 amide bonds. The van der Waals surface area contributed by atoms with E-state index in [0.717, 1.165) is 0 Å². The van der Waals surface area contributed by atoms with Crippen LogP contribution in [0.15, 0.2) is 0 Å². The zero-order chi connectivity index (χ0) is 30.5. The van der Waals surface area contributed by atoms with Crippen molar-refractivity contribution < 1.29 is 60.8 Å². The Morgan fingerprint density at radius 1 is 1.12 bits per heavy atom. The maximum absolute atomic E-state index is 13.9. The van der Waals surface area contributed by atoms with Crippen LogP contribution in [0.4, 0.5) is 22.0 Å². The van der Waals surface area contributed by atoms with E-state index in [4.69, 9.17) is 5.26 Å². The normalized spacial score (nSPS) is 39.0. The lowest BCUT2D eigenvalue weighted by Crippen LogP contribution is -2.61. The van der Waals surface area contributed by atoms with Gasteiger partial charge in [0.25, 0.3) is 6.10 Å². The van der Waals surface area contributed by atoms with Crippen LogP contribution in [0.3, 0.4) is 0 Å². The van der Waals surface area contributed by atoms with Crippen LogP contribution < -0.4 is 0 Å². The Kier molecular flexibility index (Phi) is 9.23. The Hall–Kier alpha value is -1.35. The Morgan fingerprint density at radius 2 is 1.80 bits per heavy atom. The summed E-state index contributed by atoms with van der Waals surface area (Å²) in [6, 6.07) is 0. The number of alkyl halides is 5. The van der Waals surface area contributed by atoms with Gasteiger partial charge in [0.15, 0.2) is 0 Å². The lowest BCUT2D eigenvalue weighted by atomic mass is 9.43. The summed E-state index contributed by atoms with van der Waals surface area (Å²) in [5, 5.41) is 17.4. The van der Waals surface area contributed by atoms with Crippen molar-refractivity contribution in [3.05, 3.63) is 0 Å². The second kappa shape index (κ2) is 11.6. The highest BCUT2D eigenvalue weighted by molar-refractivity contribution is 7.95. The Morgan fingerprint density at radius 3 is 2.44 bits per heavy atom. The van der Waals surface area contributed by atoms with Crippen LogP contribution in [-0.2, 0) is 28.5 Å². The van der Waals surface area contributed by atoms with Crippen LogP contribution in [0.5, 0.6) is 0 Å². The quantitative estimate of drug-likeness (QED) is 0.107. The first kappa shape index (κ1) is 32.6. The predicted octanol–water partition coefficient (Wildman–Crippen LogP) is 5.92. The number of hydrogen-bond donors (Lipinski definition) is 2. The molecule has 2 N–H and O–H groups in total. The third-order valence-electron chi connectivity index (χ3n) is 10.9. The van der Waals surface area contributed by atoms with Crippen molar-refractivity contribution in [3.63, 3.8) is 0 Å². The number of esters is 1. The molecule has 10 atom stereocenters. The molecule has 4 aliphatic carbocycles. The molecule has 0 aliphatic heterocycles. The van der Waals surface area contributed by atoms with E-state index in [2.05, 4.69) is 21.0 Å². The summed E-state index contributed by atoms with van der Waals surface area (Å²) >= 11 is -1.15. The number of halogens is 5. The van der Waals surface area contributed by atoms with Gasteiger partial charge in [0, 0.05) is 31.1 Å². The molecule has 4 fully saturated rings. The van der Waals surface area contributed by atoms with Gasteiger partial charge in [-0.05, 0) is 73.0 Å². The van der Waals surface area contributed by atoms with Gasteiger partial charge in [0.05, 0.1) is 6.10 Å². The summed E-state index contributed by atoms with van der Waals surface area (Å²) in [7, 11) is 0. The standard InChI is InChI=1S/C27H37F5O8S/c1-13(4-7-21(36)38-23(26(28,29)30)27(31,32)41-40-39-37)16-5-6-17-22-18(12-20(35)25(16,17)3)24(2)9-8-15(33)10-14(24)11-19(22)34/h13-14,16-19,22-23,34,37H,4-12H2,1-3H3/t13?,14-,16+,17-,18-,19+,22-,23?,24-,25+/m0/s1. The number of ketones is 2. The van der Waals surface area contributed by atoms with Crippen molar-refractivity contribution in [2.75, 3.05) is 0 Å². The molecule has 0 aromatic rings. The summed E-state index contributed by atoms with van der Waals surface area (Å²) in [5.74, 6) is -2.02. The van der Waals surface area contributed by atoms with E-state index in [9.17, 15) is 41.4 Å². The highest BCUT2D eigenvalue weighted by atomic mass is 32.2. The molecule has 4 saturated carbocycles. The summed E-state index contributed by atoms with van der Waals surface area (Å²) < 4.78 is 75.2. The average Bonchev–Trinajstić information content (AvgIpc) is 3.24. The lowest BCUT2D eigenvalue weighted by molar-refractivity contribution is -0.434. The minimum absolute atomic E-state index is 0.0111. The number of Topliss-reactive ketones (excluding diaryl/α,β-unsaturated/α-hetero) is 2. The van der Waals surface area contributed by atoms with Crippen LogP contribution in [0.1, 0.15) is 78.6 Å². The zero-order valence-electron chi connectivity index (χ0n) is 23.1. The summed E-state index contributed by atoms with van der Waals surface area (Å²) in [6.07, 6.45) is -7.02. The van der Waals surface area contributed by atoms with Gasteiger partial charge in [-0.1, -0.05) is 25.8 Å². The predicted molar refractivity (Wildman–Crippen MR) is 134 cm³/mol. The Bertz CT molecular complexity index is 1030. The second-order valence-electron chi connectivity index (χ2n) is 12.8. The van der Waals surface area contributed by atoms with E-state index in [1.165, 1.54) is 0 Å². The first-order valence-electron chi connectivity index (χ1n) is 14.0. The lowest BCUT2D eigenvalue weighted by Gasteiger charge is -2.61. The first-order valence-corrected chi connectivity index (χ1v) is 14.7. The van der Waals surface area contributed by atoms with Gasteiger partial charge in [-0.2, -0.15) is 22.0 Å². The van der Waals surface area contributed by atoms with Gasteiger partial charge in [0.2, 0.25) is 0 Å². The molecule has 2 unspecified atom stereocenters. The van der Waals surface area contributed by atoms with Crippen LogP contribution in [0.25, 0.3) is 0 Å². The summed E-state index contributed by atoms with van der Waals surface area (Å²) in [4.78, 5) is 38.3. The SMILES string of the molecule is CC(CCC(=O)OC(C(F)(F)F)C(F)(F)SOOO)[C@H]1CC[C@H]2[C@@H]3[C@H](O)C[C@@H]4CC(=O)CC[C@]4(C)[C@H]3CC(=O)[C@]12C. The molecule has 8 nitrogen and oxygen atoms in total. The van der Waals surface area contributed by atoms with E-state index in [1.54, 1.807) is 6.92 Å². The number of aliphatic hydroxyl groups excluding tert-OH is 1. The fourth-order valence-corrected chi connectivity index (χ4v) is 9.23. The van der Waals surface area contributed by atoms with Crippen molar-refractivity contribution >= 4 is 29.6 Å². The van der Waals surface area contributed by atoms with Gasteiger partial charge >= 0.3 is 17.4 Å². The third-order valence-corrected chi connectivity index (χ3v) is 11.5. The number of carbonyl (C=O) groups excluding carboxylic acids is 3. The minimum atomic E-state index is -5.63. The molecule has 0 saturated heterocycles. The molecule has 0 aromatic carbocycles. The zero-order valence-corrected chi connectivity index (χ0v) is 23.9. The molecule has 41 heavy (non-hydrogen) atoms. The monoisotopic (exact) mass is 616 g/mol. The van der Waals surface area contributed by atoms with Crippen molar-refractivity contribution in [1.29, 1.82) is 0 Å². The largest absolute Gasteiger partial charge is 0.445 e. The molecular formula is C27H37F5O8S. The van der Waals surface area contributed by atoms with E-state index in [0.29, 0.717) is 38.5 Å². The maximum atomic E-state index is 13.9.